The normalized spacial score (nSPS) is 19.1. The van der Waals surface area contributed by atoms with E-state index in [1.54, 1.807) is 0 Å². The van der Waals surface area contributed by atoms with Gasteiger partial charge >= 0.3 is 0 Å². The van der Waals surface area contributed by atoms with E-state index in [0.717, 1.165) is 30.2 Å². The summed E-state index contributed by atoms with van der Waals surface area (Å²) in [6.07, 6.45) is 2.43. The van der Waals surface area contributed by atoms with E-state index in [-0.39, 0.29) is 5.91 Å². The summed E-state index contributed by atoms with van der Waals surface area (Å²) in [5.41, 5.74) is 2.52. The third-order valence-corrected chi connectivity index (χ3v) is 3.50. The van der Waals surface area contributed by atoms with Gasteiger partial charge in [-0.2, -0.15) is 5.10 Å². The van der Waals surface area contributed by atoms with Crippen LogP contribution in [0, 0.1) is 13.8 Å². The number of rotatable bonds is 5. The molecule has 3 N–H and O–H groups in total. The quantitative estimate of drug-likeness (QED) is 0.731. The molecule has 19 heavy (non-hydrogen) atoms. The topological polar surface area (TPSA) is 73.0 Å². The maximum atomic E-state index is 12.0. The summed E-state index contributed by atoms with van der Waals surface area (Å²) in [6.45, 7) is 6.20. The Morgan fingerprint density at radius 1 is 1.53 bits per heavy atom. The molecule has 0 aliphatic carbocycles. The molecule has 2 rings (SSSR count). The van der Waals surface area contributed by atoms with E-state index < -0.39 is 0 Å². The monoisotopic (exact) mass is 265 g/mol. The van der Waals surface area contributed by atoms with Crippen LogP contribution in [-0.4, -0.2) is 53.7 Å². The lowest BCUT2D eigenvalue weighted by Crippen LogP contribution is -2.39. The Hall–Kier alpha value is -1.40. The van der Waals surface area contributed by atoms with E-state index in [1.807, 2.05) is 20.9 Å². The van der Waals surface area contributed by atoms with E-state index in [1.165, 1.54) is 12.8 Å². The minimum Gasteiger partial charge on any atom is -0.322 e. The molecule has 106 valence electrons. The van der Waals surface area contributed by atoms with E-state index >= 15 is 0 Å². The molecule has 0 radical (unpaired) electrons. The van der Waals surface area contributed by atoms with Gasteiger partial charge in [0.2, 0.25) is 5.91 Å². The van der Waals surface area contributed by atoms with Crippen molar-refractivity contribution in [3.05, 3.63) is 11.4 Å². The lowest BCUT2D eigenvalue weighted by atomic mass is 10.2. The number of carbonyl (C=O) groups is 1. The molecule has 1 amide bonds. The van der Waals surface area contributed by atoms with Gasteiger partial charge in [0.1, 0.15) is 0 Å². The Labute approximate surface area is 113 Å². The van der Waals surface area contributed by atoms with Gasteiger partial charge in [0.25, 0.3) is 0 Å². The predicted molar refractivity (Wildman–Crippen MR) is 75.2 cm³/mol. The maximum Gasteiger partial charge on any atom is 0.238 e. The molecule has 1 aliphatic rings. The van der Waals surface area contributed by atoms with Crippen molar-refractivity contribution in [1.82, 2.24) is 20.4 Å². The summed E-state index contributed by atoms with van der Waals surface area (Å²) in [5, 5.41) is 13.3. The van der Waals surface area contributed by atoms with Crippen LogP contribution in [0.4, 0.5) is 5.69 Å². The predicted octanol–water partition coefficient (Wildman–Crippen LogP) is 0.649. The third-order valence-electron chi connectivity index (χ3n) is 3.50. The first kappa shape index (κ1) is 14.0. The van der Waals surface area contributed by atoms with Gasteiger partial charge in [0.05, 0.1) is 23.6 Å². The van der Waals surface area contributed by atoms with Gasteiger partial charge in [-0.15, -0.1) is 0 Å². The van der Waals surface area contributed by atoms with Crippen molar-refractivity contribution in [3.8, 4) is 0 Å². The third kappa shape index (κ3) is 3.78. The first-order valence-corrected chi connectivity index (χ1v) is 6.79. The second-order valence-corrected chi connectivity index (χ2v) is 5.35. The number of aromatic amines is 1. The molecule has 1 fully saturated rings. The van der Waals surface area contributed by atoms with Crippen molar-refractivity contribution in [3.63, 3.8) is 0 Å². The average Bonchev–Trinajstić information content (AvgIpc) is 2.94. The largest absolute Gasteiger partial charge is 0.322 e. The van der Waals surface area contributed by atoms with Gasteiger partial charge in [-0.3, -0.25) is 14.8 Å². The second-order valence-electron chi connectivity index (χ2n) is 5.35. The molecule has 1 aromatic heterocycles. The molecule has 1 unspecified atom stereocenters. The summed E-state index contributed by atoms with van der Waals surface area (Å²) in [7, 11) is 1.98. The molecule has 6 heteroatoms. The van der Waals surface area contributed by atoms with Gasteiger partial charge < -0.3 is 10.6 Å². The molecular weight excluding hydrogens is 242 g/mol. The number of carbonyl (C=O) groups excluding carboxylic acids is 1. The van der Waals surface area contributed by atoms with Crippen LogP contribution in [0.2, 0.25) is 0 Å². The van der Waals surface area contributed by atoms with Crippen molar-refractivity contribution in [2.24, 2.45) is 0 Å². The number of H-pyrrole nitrogens is 1. The lowest BCUT2D eigenvalue weighted by Gasteiger charge is -2.20. The van der Waals surface area contributed by atoms with Gasteiger partial charge in [0, 0.05) is 12.6 Å². The van der Waals surface area contributed by atoms with Gasteiger partial charge in [-0.05, 0) is 40.3 Å². The summed E-state index contributed by atoms with van der Waals surface area (Å²) in [4.78, 5) is 14.0. The van der Waals surface area contributed by atoms with Crippen LogP contribution in [0.3, 0.4) is 0 Å². The highest BCUT2D eigenvalue weighted by atomic mass is 16.2. The Kier molecular flexibility index (Phi) is 4.55. The number of hydrogen-bond donors (Lipinski definition) is 3. The minimum absolute atomic E-state index is 0.00750. The number of hydrogen-bond acceptors (Lipinski definition) is 4. The van der Waals surface area contributed by atoms with Crippen molar-refractivity contribution < 1.29 is 4.79 Å². The van der Waals surface area contributed by atoms with E-state index in [4.69, 9.17) is 0 Å². The molecular formula is C13H23N5O. The maximum absolute atomic E-state index is 12.0. The molecule has 1 atom stereocenters. The zero-order valence-electron chi connectivity index (χ0n) is 11.9. The zero-order valence-corrected chi connectivity index (χ0v) is 11.9. The number of anilines is 1. The molecule has 6 nitrogen and oxygen atoms in total. The first-order valence-electron chi connectivity index (χ1n) is 6.79. The molecule has 2 heterocycles. The molecule has 0 aromatic carbocycles. The SMILES string of the molecule is Cc1n[nH]c(C)c1NC(=O)CN(C)CC1CCCN1. The second kappa shape index (κ2) is 6.16. The summed E-state index contributed by atoms with van der Waals surface area (Å²) < 4.78 is 0. The molecule has 1 aromatic rings. The Morgan fingerprint density at radius 2 is 2.32 bits per heavy atom. The van der Waals surface area contributed by atoms with E-state index in [9.17, 15) is 4.79 Å². The van der Waals surface area contributed by atoms with Crippen LogP contribution in [0.15, 0.2) is 0 Å². The molecule has 0 spiro atoms. The number of aryl methyl sites for hydroxylation is 2. The minimum atomic E-state index is 0.00750. The Morgan fingerprint density at radius 3 is 2.89 bits per heavy atom. The van der Waals surface area contributed by atoms with Crippen LogP contribution in [0.25, 0.3) is 0 Å². The standard InChI is InChI=1S/C13H23N5O/c1-9-13(10(2)17-16-9)15-12(19)8-18(3)7-11-5-4-6-14-11/h11,14H,4-8H2,1-3H3,(H,15,19)(H,16,17). The van der Waals surface area contributed by atoms with E-state index in [0.29, 0.717) is 12.6 Å². The molecule has 0 bridgehead atoms. The highest BCUT2D eigenvalue weighted by molar-refractivity contribution is 5.93. The summed E-state index contributed by atoms with van der Waals surface area (Å²) in [6, 6.07) is 0.523. The summed E-state index contributed by atoms with van der Waals surface area (Å²) >= 11 is 0. The van der Waals surface area contributed by atoms with Crippen molar-refractivity contribution in [2.75, 3.05) is 32.0 Å². The average molecular weight is 265 g/mol. The van der Waals surface area contributed by atoms with Crippen LogP contribution >= 0.6 is 0 Å². The van der Waals surface area contributed by atoms with Crippen LogP contribution < -0.4 is 10.6 Å². The van der Waals surface area contributed by atoms with Crippen LogP contribution in [0.5, 0.6) is 0 Å². The number of nitrogens with one attached hydrogen (secondary N) is 3. The van der Waals surface area contributed by atoms with Gasteiger partial charge in [-0.25, -0.2) is 0 Å². The Balaban J connectivity index is 1.80. The van der Waals surface area contributed by atoms with Gasteiger partial charge in [0.15, 0.2) is 0 Å². The smallest absolute Gasteiger partial charge is 0.238 e. The van der Waals surface area contributed by atoms with Crippen LogP contribution in [-0.2, 0) is 4.79 Å². The number of aromatic nitrogens is 2. The summed E-state index contributed by atoms with van der Waals surface area (Å²) in [5.74, 6) is 0.00750. The van der Waals surface area contributed by atoms with Crippen LogP contribution in [0.1, 0.15) is 24.2 Å². The molecule has 1 saturated heterocycles. The number of amides is 1. The Bertz CT molecular complexity index is 417. The number of likely N-dealkylation sites (N-methyl/N-ethyl adjacent to an activating group) is 1. The van der Waals surface area contributed by atoms with Crippen molar-refractivity contribution in [1.29, 1.82) is 0 Å². The fraction of sp³-hybridized carbons (Fsp3) is 0.692. The fourth-order valence-electron chi connectivity index (χ4n) is 2.51. The highest BCUT2D eigenvalue weighted by Crippen LogP contribution is 2.15. The fourth-order valence-corrected chi connectivity index (χ4v) is 2.51. The van der Waals surface area contributed by atoms with Gasteiger partial charge in [-0.1, -0.05) is 0 Å². The van der Waals surface area contributed by atoms with E-state index in [2.05, 4.69) is 25.7 Å². The van der Waals surface area contributed by atoms with Crippen molar-refractivity contribution in [2.45, 2.75) is 32.7 Å². The molecule has 1 aliphatic heterocycles. The highest BCUT2D eigenvalue weighted by Gasteiger charge is 2.18. The van der Waals surface area contributed by atoms with Crippen molar-refractivity contribution >= 4 is 11.6 Å². The number of nitrogens with zero attached hydrogens (tertiary/aromatic N) is 2. The zero-order chi connectivity index (χ0) is 13.8. The lowest BCUT2D eigenvalue weighted by molar-refractivity contribution is -0.117. The molecule has 0 saturated carbocycles. The first-order chi connectivity index (χ1) is 9.06.